The molecule has 0 aromatic carbocycles. The number of ether oxygens (including phenoxy) is 2. The van der Waals surface area contributed by atoms with Gasteiger partial charge >= 0.3 is 5.97 Å². The summed E-state index contributed by atoms with van der Waals surface area (Å²) in [5.41, 5.74) is 9.54. The normalized spacial score (nSPS) is 22.2. The lowest BCUT2D eigenvalue weighted by Gasteiger charge is -2.32. The van der Waals surface area contributed by atoms with E-state index < -0.39 is 16.8 Å². The van der Waals surface area contributed by atoms with Gasteiger partial charge in [0.05, 0.1) is 25.5 Å². The van der Waals surface area contributed by atoms with E-state index in [2.05, 4.69) is 4.90 Å². The van der Waals surface area contributed by atoms with Gasteiger partial charge in [0.2, 0.25) is 0 Å². The van der Waals surface area contributed by atoms with Gasteiger partial charge in [0, 0.05) is 18.7 Å². The molecule has 1 aromatic rings. The lowest BCUT2D eigenvalue weighted by Crippen LogP contribution is -2.38. The molecule has 1 saturated heterocycles. The molecule has 0 radical (unpaired) electrons. The van der Waals surface area contributed by atoms with Crippen molar-refractivity contribution in [2.45, 2.75) is 37.6 Å². The molecule has 2 aliphatic heterocycles. The maximum absolute atomic E-state index is 13.0. The van der Waals surface area contributed by atoms with Crippen molar-refractivity contribution in [3.8, 4) is 0 Å². The molecule has 0 spiro atoms. The number of morpholine rings is 1. The van der Waals surface area contributed by atoms with Gasteiger partial charge in [-0.1, -0.05) is 0 Å². The van der Waals surface area contributed by atoms with Crippen LogP contribution in [0.2, 0.25) is 0 Å². The monoisotopic (exact) mass is 377 g/mol. The third-order valence-electron chi connectivity index (χ3n) is 5.11. The van der Waals surface area contributed by atoms with Gasteiger partial charge in [0.25, 0.3) is 0 Å². The van der Waals surface area contributed by atoms with Crippen LogP contribution in [0.1, 0.15) is 36.5 Å². The van der Waals surface area contributed by atoms with Gasteiger partial charge in [0.15, 0.2) is 4.91 Å². The first-order chi connectivity index (χ1) is 12.6. The molecule has 1 aliphatic carbocycles. The van der Waals surface area contributed by atoms with E-state index in [9.17, 15) is 9.00 Å². The molecule has 7 nitrogen and oxygen atoms in total. The van der Waals surface area contributed by atoms with Gasteiger partial charge in [-0.25, -0.2) is 14.0 Å². The highest BCUT2D eigenvalue weighted by atomic mass is 32.2. The summed E-state index contributed by atoms with van der Waals surface area (Å²) in [6.07, 6.45) is 3.95. The summed E-state index contributed by atoms with van der Waals surface area (Å²) < 4.78 is 23.5. The number of nitrogens with zero attached hydrogens (tertiary/aromatic N) is 2. The molecule has 140 valence electrons. The largest absolute Gasteiger partial charge is 0.462 e. The van der Waals surface area contributed by atoms with E-state index in [1.807, 2.05) is 0 Å². The zero-order chi connectivity index (χ0) is 18.3. The van der Waals surface area contributed by atoms with Gasteiger partial charge in [-0.15, -0.1) is 0 Å². The summed E-state index contributed by atoms with van der Waals surface area (Å²) in [6, 6.07) is 0. The number of anilines is 1. The van der Waals surface area contributed by atoms with Gasteiger partial charge in [-0.2, -0.15) is 0 Å². The number of carbonyl (C=O) groups excluding carboxylic acids is 1. The molecule has 26 heavy (non-hydrogen) atoms. The Morgan fingerprint density at radius 3 is 2.65 bits per heavy atom. The average molecular weight is 377 g/mol. The fourth-order valence-electron chi connectivity index (χ4n) is 3.92. The number of nitrogens with two attached hydrogens (primary N) is 1. The highest BCUT2D eigenvalue weighted by molar-refractivity contribution is 7.90. The van der Waals surface area contributed by atoms with Crippen molar-refractivity contribution in [2.24, 2.45) is 5.73 Å². The second kappa shape index (κ2) is 7.00. The molecule has 1 fully saturated rings. The molecule has 0 bridgehead atoms. The second-order valence-electron chi connectivity index (χ2n) is 6.61. The third kappa shape index (κ3) is 2.72. The number of hydrogen-bond donors (Lipinski definition) is 1. The fraction of sp³-hybridized carbons (Fsp3) is 0.556. The highest BCUT2D eigenvalue weighted by Crippen LogP contribution is 2.42. The smallest absolute Gasteiger partial charge is 0.349 e. The van der Waals surface area contributed by atoms with Gasteiger partial charge in [-0.05, 0) is 43.7 Å². The first-order valence-corrected chi connectivity index (χ1v) is 10.3. The van der Waals surface area contributed by atoms with E-state index in [4.69, 9.17) is 20.2 Å². The minimum atomic E-state index is -1.70. The predicted octanol–water partition coefficient (Wildman–Crippen LogP) is 1.11. The first-order valence-electron chi connectivity index (χ1n) is 9.11. The molecule has 0 saturated carbocycles. The number of carbonyl (C=O) groups is 1. The maximum Gasteiger partial charge on any atom is 0.349 e. The summed E-state index contributed by atoms with van der Waals surface area (Å²) in [7, 11) is -1.70. The quantitative estimate of drug-likeness (QED) is 0.789. The first kappa shape index (κ1) is 17.5. The number of esters is 1. The number of hydrogen-bond acceptors (Lipinski definition) is 7. The molecule has 2 N–H and O–H groups in total. The van der Waals surface area contributed by atoms with Crippen LogP contribution in [0.15, 0.2) is 9.93 Å². The summed E-state index contributed by atoms with van der Waals surface area (Å²) in [5, 5.41) is 0.410. The number of fused-ring (bicyclic) bond motifs is 3. The Labute approximate surface area is 155 Å². The van der Waals surface area contributed by atoms with Crippen LogP contribution in [0.25, 0.3) is 5.70 Å². The summed E-state index contributed by atoms with van der Waals surface area (Å²) in [4.78, 5) is 19.3. The molecule has 1 aromatic heterocycles. The van der Waals surface area contributed by atoms with E-state index in [0.717, 1.165) is 50.2 Å². The molecule has 1 atom stereocenters. The van der Waals surface area contributed by atoms with Crippen molar-refractivity contribution in [1.82, 2.24) is 4.98 Å². The van der Waals surface area contributed by atoms with Crippen molar-refractivity contribution in [2.75, 3.05) is 37.8 Å². The van der Waals surface area contributed by atoms with Crippen molar-refractivity contribution in [1.29, 1.82) is 0 Å². The maximum atomic E-state index is 13.0. The molecular formula is C18H23N3O4S. The average Bonchev–Trinajstić information content (AvgIpc) is 2.92. The fourth-order valence-corrected chi connectivity index (χ4v) is 5.21. The van der Waals surface area contributed by atoms with E-state index >= 15 is 0 Å². The Bertz CT molecular complexity index is 815. The molecular weight excluding hydrogens is 354 g/mol. The van der Waals surface area contributed by atoms with Crippen molar-refractivity contribution in [3.63, 3.8) is 0 Å². The summed E-state index contributed by atoms with van der Waals surface area (Å²) in [5.74, 6) is 0.270. The van der Waals surface area contributed by atoms with Crippen molar-refractivity contribution < 1.29 is 18.5 Å². The topological polar surface area (TPSA) is 94.8 Å². The van der Waals surface area contributed by atoms with Crippen LogP contribution >= 0.6 is 0 Å². The Kier molecular flexibility index (Phi) is 4.71. The number of rotatable bonds is 3. The van der Waals surface area contributed by atoms with E-state index in [0.29, 0.717) is 23.8 Å². The molecule has 3 aliphatic rings. The second-order valence-corrected chi connectivity index (χ2v) is 7.94. The van der Waals surface area contributed by atoms with E-state index in [1.165, 1.54) is 5.56 Å². The predicted molar refractivity (Wildman–Crippen MR) is 98.1 cm³/mol. The Hall–Kier alpha value is -1.93. The van der Waals surface area contributed by atoms with Crippen LogP contribution in [-0.4, -0.2) is 48.1 Å². The Balaban J connectivity index is 1.85. The molecule has 4 rings (SSSR count). The highest BCUT2D eigenvalue weighted by Gasteiger charge is 2.38. The molecule has 3 heterocycles. The van der Waals surface area contributed by atoms with E-state index in [1.54, 1.807) is 6.92 Å². The van der Waals surface area contributed by atoms with Gasteiger partial charge in [0.1, 0.15) is 21.6 Å². The molecule has 1 unspecified atom stereocenters. The summed E-state index contributed by atoms with van der Waals surface area (Å²) in [6.45, 7) is 4.78. The van der Waals surface area contributed by atoms with Crippen LogP contribution in [0.3, 0.4) is 0 Å². The summed E-state index contributed by atoms with van der Waals surface area (Å²) >= 11 is 0. The number of aromatic nitrogens is 1. The van der Waals surface area contributed by atoms with Crippen LogP contribution < -0.4 is 10.6 Å². The Morgan fingerprint density at radius 2 is 1.96 bits per heavy atom. The minimum Gasteiger partial charge on any atom is -0.462 e. The van der Waals surface area contributed by atoms with Crippen LogP contribution in [0, 0.1) is 0 Å². The van der Waals surface area contributed by atoms with Crippen LogP contribution in [0.5, 0.6) is 0 Å². The van der Waals surface area contributed by atoms with Gasteiger partial charge < -0.3 is 20.1 Å². The van der Waals surface area contributed by atoms with Crippen molar-refractivity contribution in [3.05, 3.63) is 21.6 Å². The standard InChI is InChI=1S/C18H23N3O4S/c1-2-25-18(22)15-14(19)13-11-5-3-4-6-12(11)16(20-17(13)26(15)23)21-7-9-24-10-8-21/h2-10,19H2,1H3. The lowest BCUT2D eigenvalue weighted by molar-refractivity contribution is -0.137. The van der Waals surface area contributed by atoms with Crippen molar-refractivity contribution >= 4 is 28.3 Å². The zero-order valence-electron chi connectivity index (χ0n) is 14.9. The number of pyridine rings is 1. The van der Waals surface area contributed by atoms with Crippen LogP contribution in [0.4, 0.5) is 5.82 Å². The molecule has 8 heteroatoms. The Morgan fingerprint density at radius 1 is 1.27 bits per heavy atom. The zero-order valence-corrected chi connectivity index (χ0v) is 15.7. The van der Waals surface area contributed by atoms with Crippen LogP contribution in [-0.2, 0) is 37.9 Å². The molecule has 0 amide bonds. The van der Waals surface area contributed by atoms with E-state index in [-0.39, 0.29) is 17.2 Å². The van der Waals surface area contributed by atoms with Gasteiger partial charge in [-0.3, -0.25) is 0 Å². The minimum absolute atomic E-state index is 0.0428. The lowest BCUT2D eigenvalue weighted by atomic mass is 9.88. The SMILES string of the molecule is CCOC(=O)C1=C(N)c2c(nc(N3CCOCC3)c3c2CCCC3)S1=O. The third-order valence-corrected chi connectivity index (χ3v) is 6.51.